The van der Waals surface area contributed by atoms with Crippen LogP contribution in [0.2, 0.25) is 0 Å². The molecule has 0 fully saturated rings. The van der Waals surface area contributed by atoms with Gasteiger partial charge in [0.25, 0.3) is 0 Å². The Kier molecular flexibility index (Phi) is 4.36. The van der Waals surface area contributed by atoms with E-state index in [0.29, 0.717) is 5.39 Å². The third-order valence-electron chi connectivity index (χ3n) is 2.90. The summed E-state index contributed by atoms with van der Waals surface area (Å²) in [4.78, 5) is 10.6. The number of carboxylic acid groups (broad SMARTS) is 1. The number of carboxylic acids is 1. The van der Waals surface area contributed by atoms with Gasteiger partial charge in [0.1, 0.15) is 0 Å². The van der Waals surface area contributed by atoms with Gasteiger partial charge in [0, 0.05) is 18.4 Å². The first-order chi connectivity index (χ1) is 9.50. The van der Waals surface area contributed by atoms with Crippen LogP contribution in [0.5, 0.6) is 0 Å². The van der Waals surface area contributed by atoms with Gasteiger partial charge in [0.15, 0.2) is 0 Å². The van der Waals surface area contributed by atoms with Crippen molar-refractivity contribution in [3.05, 3.63) is 42.5 Å². The molecule has 0 atom stereocenters. The highest BCUT2D eigenvalue weighted by atomic mass is 32.2. The van der Waals surface area contributed by atoms with Crippen molar-refractivity contribution in [2.45, 2.75) is 17.7 Å². The van der Waals surface area contributed by atoms with Gasteiger partial charge in [0.05, 0.1) is 4.90 Å². The molecular weight excluding hydrogens is 278 g/mol. The minimum atomic E-state index is -3.63. The highest BCUT2D eigenvalue weighted by Crippen LogP contribution is 2.22. The van der Waals surface area contributed by atoms with E-state index in [-0.39, 0.29) is 24.3 Å². The van der Waals surface area contributed by atoms with Crippen LogP contribution in [-0.2, 0) is 14.8 Å². The quantitative estimate of drug-likeness (QED) is 0.798. The minimum absolute atomic E-state index is 0.0575. The van der Waals surface area contributed by atoms with Gasteiger partial charge in [0.2, 0.25) is 10.0 Å². The van der Waals surface area contributed by atoms with Crippen LogP contribution in [0.4, 0.5) is 0 Å². The zero-order valence-corrected chi connectivity index (χ0v) is 11.6. The van der Waals surface area contributed by atoms with Crippen LogP contribution >= 0.6 is 0 Å². The molecule has 0 amide bonds. The van der Waals surface area contributed by atoms with Crippen molar-refractivity contribution in [3.8, 4) is 0 Å². The van der Waals surface area contributed by atoms with E-state index in [0.717, 1.165) is 5.39 Å². The molecule has 0 aliphatic carbocycles. The highest BCUT2D eigenvalue weighted by Gasteiger charge is 2.16. The summed E-state index contributed by atoms with van der Waals surface area (Å²) in [6, 6.07) is 12.3. The number of hydrogen-bond donors (Lipinski definition) is 2. The molecule has 2 aromatic rings. The zero-order chi connectivity index (χ0) is 14.6. The first-order valence-electron chi connectivity index (χ1n) is 6.20. The third-order valence-corrected chi connectivity index (χ3v) is 4.42. The second-order valence-electron chi connectivity index (χ2n) is 4.37. The Hall–Kier alpha value is -1.92. The Morgan fingerprint density at radius 2 is 1.80 bits per heavy atom. The van der Waals surface area contributed by atoms with Gasteiger partial charge in [-0.1, -0.05) is 36.4 Å². The van der Waals surface area contributed by atoms with Gasteiger partial charge in [-0.2, -0.15) is 0 Å². The van der Waals surface area contributed by atoms with E-state index in [2.05, 4.69) is 4.72 Å². The molecule has 2 rings (SSSR count). The number of fused-ring (bicyclic) bond motifs is 1. The Balaban J connectivity index is 2.21. The summed E-state index contributed by atoms with van der Waals surface area (Å²) >= 11 is 0. The summed E-state index contributed by atoms with van der Waals surface area (Å²) in [6.45, 7) is 0.109. The molecule has 20 heavy (non-hydrogen) atoms. The van der Waals surface area contributed by atoms with Crippen LogP contribution in [-0.4, -0.2) is 26.0 Å². The van der Waals surface area contributed by atoms with Crippen molar-refractivity contribution in [3.63, 3.8) is 0 Å². The lowest BCUT2D eigenvalue weighted by atomic mass is 10.1. The molecule has 0 bridgehead atoms. The van der Waals surface area contributed by atoms with Gasteiger partial charge in [-0.15, -0.1) is 0 Å². The largest absolute Gasteiger partial charge is 0.481 e. The summed E-state index contributed by atoms with van der Waals surface area (Å²) in [6.07, 6.45) is 0.206. The smallest absolute Gasteiger partial charge is 0.303 e. The fourth-order valence-electron chi connectivity index (χ4n) is 1.95. The molecule has 0 heterocycles. The molecule has 0 saturated carbocycles. The molecule has 6 heteroatoms. The highest BCUT2D eigenvalue weighted by molar-refractivity contribution is 7.89. The topological polar surface area (TPSA) is 83.5 Å². The molecule has 0 aromatic heterocycles. The number of carbonyl (C=O) groups is 1. The van der Waals surface area contributed by atoms with Crippen LogP contribution in [0, 0.1) is 0 Å². The van der Waals surface area contributed by atoms with E-state index in [1.165, 1.54) is 0 Å². The molecule has 2 N–H and O–H groups in total. The van der Waals surface area contributed by atoms with E-state index in [9.17, 15) is 13.2 Å². The van der Waals surface area contributed by atoms with Gasteiger partial charge in [-0.05, 0) is 17.9 Å². The van der Waals surface area contributed by atoms with Crippen molar-refractivity contribution < 1.29 is 18.3 Å². The Morgan fingerprint density at radius 3 is 2.55 bits per heavy atom. The predicted octanol–water partition coefficient (Wildman–Crippen LogP) is 1.98. The summed E-state index contributed by atoms with van der Waals surface area (Å²) in [5.74, 6) is -0.936. The van der Waals surface area contributed by atoms with Gasteiger partial charge < -0.3 is 5.11 Å². The number of sulfonamides is 1. The van der Waals surface area contributed by atoms with Crippen LogP contribution in [0.1, 0.15) is 12.8 Å². The molecule has 106 valence electrons. The fourth-order valence-corrected chi connectivity index (χ4v) is 3.26. The zero-order valence-electron chi connectivity index (χ0n) is 10.7. The lowest BCUT2D eigenvalue weighted by Gasteiger charge is -2.09. The summed E-state index contributed by atoms with van der Waals surface area (Å²) in [5, 5.41) is 10.0. The Bertz CT molecular complexity index is 720. The standard InChI is InChI=1S/C14H15NO4S/c16-14(17)9-4-10-15-20(18,19)13-8-3-6-11-5-1-2-7-12(11)13/h1-3,5-8,15H,4,9-10H2,(H,16,17). The van der Waals surface area contributed by atoms with Crippen LogP contribution < -0.4 is 4.72 Å². The molecule has 0 aliphatic rings. The maximum Gasteiger partial charge on any atom is 0.303 e. The van der Waals surface area contributed by atoms with Crippen molar-refractivity contribution >= 4 is 26.8 Å². The summed E-state index contributed by atoms with van der Waals surface area (Å²) in [5.41, 5.74) is 0. The first kappa shape index (κ1) is 14.5. The van der Waals surface area contributed by atoms with Crippen LogP contribution in [0.15, 0.2) is 47.4 Å². The van der Waals surface area contributed by atoms with Crippen molar-refractivity contribution in [2.24, 2.45) is 0 Å². The molecule has 0 radical (unpaired) electrons. The molecule has 5 nitrogen and oxygen atoms in total. The van der Waals surface area contributed by atoms with E-state index in [4.69, 9.17) is 5.11 Å². The van der Waals surface area contributed by atoms with Gasteiger partial charge in [-0.3, -0.25) is 4.79 Å². The van der Waals surface area contributed by atoms with E-state index < -0.39 is 16.0 Å². The Labute approximate surface area is 117 Å². The van der Waals surface area contributed by atoms with E-state index >= 15 is 0 Å². The van der Waals surface area contributed by atoms with Gasteiger partial charge >= 0.3 is 5.97 Å². The van der Waals surface area contributed by atoms with Crippen molar-refractivity contribution in [1.82, 2.24) is 4.72 Å². The number of rotatable bonds is 6. The average molecular weight is 293 g/mol. The number of benzene rings is 2. The maximum atomic E-state index is 12.2. The predicted molar refractivity (Wildman–Crippen MR) is 76.0 cm³/mol. The second-order valence-corrected chi connectivity index (χ2v) is 6.11. The lowest BCUT2D eigenvalue weighted by molar-refractivity contribution is -0.137. The minimum Gasteiger partial charge on any atom is -0.481 e. The second kappa shape index (κ2) is 6.02. The average Bonchev–Trinajstić information content (AvgIpc) is 2.43. The van der Waals surface area contributed by atoms with E-state index in [1.54, 1.807) is 24.3 Å². The van der Waals surface area contributed by atoms with Crippen LogP contribution in [0.3, 0.4) is 0 Å². The molecular formula is C14H15NO4S. The molecule has 2 aromatic carbocycles. The SMILES string of the molecule is O=C(O)CCCNS(=O)(=O)c1cccc2ccccc12. The fraction of sp³-hybridized carbons (Fsp3) is 0.214. The van der Waals surface area contributed by atoms with Crippen molar-refractivity contribution in [1.29, 1.82) is 0 Å². The first-order valence-corrected chi connectivity index (χ1v) is 7.68. The van der Waals surface area contributed by atoms with Crippen molar-refractivity contribution in [2.75, 3.05) is 6.54 Å². The number of nitrogens with one attached hydrogen (secondary N) is 1. The molecule has 0 saturated heterocycles. The monoisotopic (exact) mass is 293 g/mol. The summed E-state index contributed by atoms with van der Waals surface area (Å²) in [7, 11) is -3.63. The molecule has 0 aliphatic heterocycles. The molecule has 0 unspecified atom stereocenters. The van der Waals surface area contributed by atoms with Crippen LogP contribution in [0.25, 0.3) is 10.8 Å². The van der Waals surface area contributed by atoms with E-state index in [1.807, 2.05) is 18.2 Å². The number of hydrogen-bond acceptors (Lipinski definition) is 3. The number of aliphatic carboxylic acids is 1. The normalized spacial score (nSPS) is 11.6. The maximum absolute atomic E-state index is 12.2. The lowest BCUT2D eigenvalue weighted by Crippen LogP contribution is -2.25. The Morgan fingerprint density at radius 1 is 1.10 bits per heavy atom. The third kappa shape index (κ3) is 3.34. The summed E-state index contributed by atoms with van der Waals surface area (Å²) < 4.78 is 26.9. The van der Waals surface area contributed by atoms with Gasteiger partial charge in [-0.25, -0.2) is 13.1 Å². The molecule has 0 spiro atoms.